The second-order valence-electron chi connectivity index (χ2n) is 3.40. The van der Waals surface area contributed by atoms with Crippen molar-refractivity contribution < 1.29 is 0 Å². The summed E-state index contributed by atoms with van der Waals surface area (Å²) >= 11 is 0. The normalized spacial score (nSPS) is 18.2. The van der Waals surface area contributed by atoms with Gasteiger partial charge < -0.3 is 5.32 Å². The Morgan fingerprint density at radius 1 is 1.25 bits per heavy atom. The summed E-state index contributed by atoms with van der Waals surface area (Å²) in [6.45, 7) is 3.98. The Hall–Kier alpha value is -1.38. The maximum absolute atomic E-state index is 4.12. The van der Waals surface area contributed by atoms with E-state index in [0.29, 0.717) is 0 Å². The smallest absolute Gasteiger partial charge is 0.145 e. The molecular formula is C9H11N3. The second kappa shape index (κ2) is 2.30. The van der Waals surface area contributed by atoms with Crippen molar-refractivity contribution in [2.75, 3.05) is 5.32 Å². The van der Waals surface area contributed by atoms with E-state index in [4.69, 9.17) is 0 Å². The van der Waals surface area contributed by atoms with Crippen LogP contribution in [-0.4, -0.2) is 5.66 Å². The first-order valence-electron chi connectivity index (χ1n) is 3.97. The van der Waals surface area contributed by atoms with Crippen LogP contribution in [0.3, 0.4) is 0 Å². The summed E-state index contributed by atoms with van der Waals surface area (Å²) in [4.78, 5) is 0. The molecule has 12 heavy (non-hydrogen) atoms. The average molecular weight is 161 g/mol. The summed E-state index contributed by atoms with van der Waals surface area (Å²) in [5.41, 5.74) is 1.70. The molecule has 0 saturated carbocycles. The lowest BCUT2D eigenvalue weighted by Gasteiger charge is -2.25. The van der Waals surface area contributed by atoms with Crippen molar-refractivity contribution >= 4 is 11.4 Å². The van der Waals surface area contributed by atoms with Crippen molar-refractivity contribution in [3.05, 3.63) is 24.3 Å². The van der Waals surface area contributed by atoms with Crippen molar-refractivity contribution in [3.63, 3.8) is 0 Å². The maximum atomic E-state index is 4.12. The molecule has 0 bridgehead atoms. The number of hydrogen-bond acceptors (Lipinski definition) is 3. The van der Waals surface area contributed by atoms with Gasteiger partial charge in [-0.3, -0.25) is 0 Å². The Morgan fingerprint density at radius 2 is 2.00 bits per heavy atom. The minimum Gasteiger partial charge on any atom is -0.358 e. The van der Waals surface area contributed by atoms with Gasteiger partial charge in [0.1, 0.15) is 11.4 Å². The number of hydrogen-bond donors (Lipinski definition) is 1. The molecule has 1 N–H and O–H groups in total. The molecule has 3 heteroatoms. The number of nitrogens with one attached hydrogen (secondary N) is 1. The molecule has 0 aromatic heterocycles. The van der Waals surface area contributed by atoms with Crippen molar-refractivity contribution in [1.29, 1.82) is 0 Å². The number of azo groups is 1. The Bertz CT molecular complexity index is 328. The van der Waals surface area contributed by atoms with Crippen LogP contribution in [0.4, 0.5) is 11.4 Å². The summed E-state index contributed by atoms with van der Waals surface area (Å²) in [6.07, 6.45) is 0. The molecular weight excluding hydrogens is 150 g/mol. The molecule has 2 rings (SSSR count). The lowest BCUT2D eigenvalue weighted by Crippen LogP contribution is -2.29. The minimum absolute atomic E-state index is 0.269. The van der Waals surface area contributed by atoms with Crippen LogP contribution < -0.4 is 5.32 Å². The Labute approximate surface area is 71.5 Å². The van der Waals surface area contributed by atoms with Gasteiger partial charge in [-0.25, -0.2) is 0 Å². The first-order chi connectivity index (χ1) is 5.67. The van der Waals surface area contributed by atoms with E-state index in [1.807, 2.05) is 38.1 Å². The van der Waals surface area contributed by atoms with Gasteiger partial charge in [0.25, 0.3) is 0 Å². The molecule has 62 valence electrons. The fourth-order valence-corrected chi connectivity index (χ4v) is 1.20. The predicted octanol–water partition coefficient (Wildman–Crippen LogP) is 2.93. The van der Waals surface area contributed by atoms with Crippen molar-refractivity contribution in [2.45, 2.75) is 19.5 Å². The van der Waals surface area contributed by atoms with E-state index in [9.17, 15) is 0 Å². The number of fused-ring (bicyclic) bond motifs is 1. The zero-order chi connectivity index (χ0) is 8.60. The topological polar surface area (TPSA) is 36.8 Å². The predicted molar refractivity (Wildman–Crippen MR) is 48.7 cm³/mol. The molecule has 1 aliphatic rings. The second-order valence-corrected chi connectivity index (χ2v) is 3.40. The van der Waals surface area contributed by atoms with Gasteiger partial charge in [-0.15, -0.1) is 0 Å². The van der Waals surface area contributed by atoms with Crippen LogP contribution in [-0.2, 0) is 0 Å². The van der Waals surface area contributed by atoms with Gasteiger partial charge in [0.15, 0.2) is 0 Å². The minimum atomic E-state index is -0.269. The van der Waals surface area contributed by atoms with E-state index in [1.165, 1.54) is 0 Å². The third-order valence-electron chi connectivity index (χ3n) is 1.75. The summed E-state index contributed by atoms with van der Waals surface area (Å²) in [7, 11) is 0. The molecule has 0 amide bonds. The molecule has 1 heterocycles. The molecule has 0 unspecified atom stereocenters. The van der Waals surface area contributed by atoms with Crippen molar-refractivity contribution in [1.82, 2.24) is 0 Å². The molecule has 1 aromatic carbocycles. The maximum Gasteiger partial charge on any atom is 0.145 e. The zero-order valence-corrected chi connectivity index (χ0v) is 7.20. The fraction of sp³-hybridized carbons (Fsp3) is 0.333. The molecule has 1 aliphatic heterocycles. The highest BCUT2D eigenvalue weighted by atomic mass is 15.3. The van der Waals surface area contributed by atoms with Gasteiger partial charge in [0.2, 0.25) is 0 Å². The summed E-state index contributed by atoms with van der Waals surface area (Å²) in [6, 6.07) is 7.90. The van der Waals surface area contributed by atoms with E-state index in [-0.39, 0.29) is 5.66 Å². The van der Waals surface area contributed by atoms with E-state index in [2.05, 4.69) is 15.5 Å². The van der Waals surface area contributed by atoms with Gasteiger partial charge >= 0.3 is 0 Å². The van der Waals surface area contributed by atoms with Gasteiger partial charge in [0, 0.05) is 0 Å². The van der Waals surface area contributed by atoms with Gasteiger partial charge in [-0.05, 0) is 26.0 Å². The third-order valence-corrected chi connectivity index (χ3v) is 1.75. The first kappa shape index (κ1) is 7.28. The quantitative estimate of drug-likeness (QED) is 0.624. The monoisotopic (exact) mass is 161 g/mol. The van der Waals surface area contributed by atoms with Crippen LogP contribution >= 0.6 is 0 Å². The number of rotatable bonds is 0. The first-order valence-corrected chi connectivity index (χ1v) is 3.97. The van der Waals surface area contributed by atoms with E-state index >= 15 is 0 Å². The van der Waals surface area contributed by atoms with Gasteiger partial charge in [-0.2, -0.15) is 10.2 Å². The van der Waals surface area contributed by atoms with Crippen LogP contribution in [0.25, 0.3) is 0 Å². The average Bonchev–Trinajstić information content (AvgIpc) is 2.02. The fourth-order valence-electron chi connectivity index (χ4n) is 1.20. The summed E-state index contributed by atoms with van der Waals surface area (Å²) < 4.78 is 0. The summed E-state index contributed by atoms with van der Waals surface area (Å²) in [5, 5.41) is 11.5. The lowest BCUT2D eigenvalue weighted by molar-refractivity contribution is 0.559. The molecule has 3 nitrogen and oxygen atoms in total. The molecule has 0 fully saturated rings. The molecule has 1 aromatic rings. The van der Waals surface area contributed by atoms with Gasteiger partial charge in [0.05, 0.1) is 5.69 Å². The van der Waals surface area contributed by atoms with E-state index in [0.717, 1.165) is 11.4 Å². The third kappa shape index (κ3) is 1.18. The standard InChI is InChI=1S/C9H11N3/c1-9(2)10-7-5-3-4-6-8(7)11-12-9/h3-6,10H,1-2H3. The SMILES string of the molecule is CC1(C)N=Nc2ccccc2N1. The molecule has 0 radical (unpaired) electrons. The largest absolute Gasteiger partial charge is 0.358 e. The number of benzene rings is 1. The number of anilines is 1. The highest BCUT2D eigenvalue weighted by Crippen LogP contribution is 2.32. The van der Waals surface area contributed by atoms with E-state index in [1.54, 1.807) is 0 Å². The van der Waals surface area contributed by atoms with E-state index < -0.39 is 0 Å². The van der Waals surface area contributed by atoms with Crippen LogP contribution in [0, 0.1) is 0 Å². The van der Waals surface area contributed by atoms with Crippen molar-refractivity contribution in [3.8, 4) is 0 Å². The summed E-state index contributed by atoms with van der Waals surface area (Å²) in [5.74, 6) is 0. The Kier molecular flexibility index (Phi) is 1.40. The Balaban J connectivity index is 2.46. The molecule has 0 spiro atoms. The van der Waals surface area contributed by atoms with Crippen LogP contribution in [0.15, 0.2) is 34.5 Å². The number of para-hydroxylation sites is 1. The zero-order valence-electron chi connectivity index (χ0n) is 7.20. The van der Waals surface area contributed by atoms with Crippen molar-refractivity contribution in [2.24, 2.45) is 10.2 Å². The molecule has 0 atom stereocenters. The van der Waals surface area contributed by atoms with Crippen LogP contribution in [0.2, 0.25) is 0 Å². The van der Waals surface area contributed by atoms with Gasteiger partial charge in [-0.1, -0.05) is 12.1 Å². The molecule has 0 saturated heterocycles. The highest BCUT2D eigenvalue weighted by Gasteiger charge is 2.20. The molecule has 0 aliphatic carbocycles. The Morgan fingerprint density at radius 3 is 2.83 bits per heavy atom. The highest BCUT2D eigenvalue weighted by molar-refractivity contribution is 5.66. The van der Waals surface area contributed by atoms with Crippen LogP contribution in [0.5, 0.6) is 0 Å². The van der Waals surface area contributed by atoms with Crippen LogP contribution in [0.1, 0.15) is 13.8 Å². The lowest BCUT2D eigenvalue weighted by atomic mass is 10.2. The number of nitrogens with zero attached hydrogens (tertiary/aromatic N) is 2.